The van der Waals surface area contributed by atoms with Crippen LogP contribution in [0.5, 0.6) is 0 Å². The zero-order valence-electron chi connectivity index (χ0n) is 15.7. The highest BCUT2D eigenvalue weighted by Gasteiger charge is 2.15. The van der Waals surface area contributed by atoms with E-state index < -0.39 is 5.97 Å². The SMILES string of the molecule is CCOC(=O)c1ccccc1NC(=O)c1ccnc(Nc2cccc(C)c2)c1. The number of para-hydroxylation sites is 1. The van der Waals surface area contributed by atoms with Crippen LogP contribution in [0.15, 0.2) is 66.9 Å². The summed E-state index contributed by atoms with van der Waals surface area (Å²) in [6.07, 6.45) is 1.56. The first-order valence-corrected chi connectivity index (χ1v) is 8.94. The number of pyridine rings is 1. The molecule has 1 heterocycles. The van der Waals surface area contributed by atoms with Crippen molar-refractivity contribution in [3.8, 4) is 0 Å². The maximum atomic E-state index is 12.7. The maximum Gasteiger partial charge on any atom is 0.340 e. The van der Waals surface area contributed by atoms with E-state index in [1.807, 2.05) is 31.2 Å². The van der Waals surface area contributed by atoms with E-state index in [9.17, 15) is 9.59 Å². The first kappa shape index (κ1) is 19.1. The van der Waals surface area contributed by atoms with Crippen molar-refractivity contribution in [3.63, 3.8) is 0 Å². The zero-order valence-corrected chi connectivity index (χ0v) is 15.7. The molecule has 2 aromatic carbocycles. The van der Waals surface area contributed by atoms with Crippen LogP contribution in [0, 0.1) is 6.92 Å². The third-order valence-corrected chi connectivity index (χ3v) is 3.98. The van der Waals surface area contributed by atoms with E-state index in [4.69, 9.17) is 4.74 Å². The molecule has 0 aliphatic heterocycles. The van der Waals surface area contributed by atoms with E-state index in [2.05, 4.69) is 15.6 Å². The molecule has 6 nitrogen and oxygen atoms in total. The van der Waals surface area contributed by atoms with Gasteiger partial charge in [0.1, 0.15) is 5.82 Å². The molecule has 2 N–H and O–H groups in total. The molecule has 0 saturated carbocycles. The Bertz CT molecular complexity index is 1000. The summed E-state index contributed by atoms with van der Waals surface area (Å²) in [5.41, 5.74) is 3.14. The number of esters is 1. The average molecular weight is 375 g/mol. The minimum atomic E-state index is -0.477. The van der Waals surface area contributed by atoms with Gasteiger partial charge >= 0.3 is 5.97 Å². The number of amides is 1. The van der Waals surface area contributed by atoms with Gasteiger partial charge in [-0.2, -0.15) is 0 Å². The minimum Gasteiger partial charge on any atom is -0.462 e. The van der Waals surface area contributed by atoms with Crippen molar-refractivity contribution in [3.05, 3.63) is 83.6 Å². The summed E-state index contributed by atoms with van der Waals surface area (Å²) >= 11 is 0. The van der Waals surface area contributed by atoms with Crippen molar-refractivity contribution < 1.29 is 14.3 Å². The van der Waals surface area contributed by atoms with Crippen molar-refractivity contribution in [2.75, 3.05) is 17.2 Å². The molecule has 0 fully saturated rings. The molecule has 0 saturated heterocycles. The van der Waals surface area contributed by atoms with Gasteiger partial charge in [-0.1, -0.05) is 24.3 Å². The molecule has 0 aliphatic carbocycles. The quantitative estimate of drug-likeness (QED) is 0.617. The molecule has 28 heavy (non-hydrogen) atoms. The van der Waals surface area contributed by atoms with Crippen LogP contribution in [0.3, 0.4) is 0 Å². The molecule has 3 rings (SSSR count). The number of nitrogens with one attached hydrogen (secondary N) is 2. The Hall–Kier alpha value is -3.67. The minimum absolute atomic E-state index is 0.263. The normalized spacial score (nSPS) is 10.2. The lowest BCUT2D eigenvalue weighted by Gasteiger charge is -2.11. The van der Waals surface area contributed by atoms with Gasteiger partial charge in [0, 0.05) is 17.4 Å². The second-order valence-electron chi connectivity index (χ2n) is 6.14. The van der Waals surface area contributed by atoms with Gasteiger partial charge in [-0.05, 0) is 55.8 Å². The van der Waals surface area contributed by atoms with Crippen LogP contribution >= 0.6 is 0 Å². The number of hydrogen-bond acceptors (Lipinski definition) is 5. The number of aromatic nitrogens is 1. The molecule has 6 heteroatoms. The molecule has 0 bridgehead atoms. The van der Waals surface area contributed by atoms with Gasteiger partial charge in [0.2, 0.25) is 0 Å². The standard InChI is InChI=1S/C22H21N3O3/c1-3-28-22(27)18-9-4-5-10-19(18)25-21(26)16-11-12-23-20(14-16)24-17-8-6-7-15(2)13-17/h4-14H,3H2,1-2H3,(H,23,24)(H,25,26). The second kappa shape index (κ2) is 8.81. The van der Waals surface area contributed by atoms with Crippen LogP contribution in [0.25, 0.3) is 0 Å². The van der Waals surface area contributed by atoms with Gasteiger partial charge in [-0.3, -0.25) is 4.79 Å². The summed E-state index contributed by atoms with van der Waals surface area (Å²) in [5, 5.41) is 5.96. The predicted molar refractivity (Wildman–Crippen MR) is 109 cm³/mol. The summed E-state index contributed by atoms with van der Waals surface area (Å²) in [4.78, 5) is 29.0. The van der Waals surface area contributed by atoms with Gasteiger partial charge in [0.15, 0.2) is 0 Å². The zero-order chi connectivity index (χ0) is 19.9. The van der Waals surface area contributed by atoms with Crippen molar-refractivity contribution in [2.45, 2.75) is 13.8 Å². The Labute approximate surface area is 163 Å². The van der Waals surface area contributed by atoms with Crippen molar-refractivity contribution >= 4 is 29.1 Å². The Kier molecular flexibility index (Phi) is 6.01. The Morgan fingerprint density at radius 2 is 1.86 bits per heavy atom. The lowest BCUT2D eigenvalue weighted by molar-refractivity contribution is 0.0527. The molecule has 0 unspecified atom stereocenters. The van der Waals surface area contributed by atoms with Gasteiger partial charge in [0.25, 0.3) is 5.91 Å². The molecule has 1 aromatic heterocycles. The average Bonchev–Trinajstić information content (AvgIpc) is 2.69. The molecular weight excluding hydrogens is 354 g/mol. The predicted octanol–water partition coefficient (Wildman–Crippen LogP) is 4.56. The Balaban J connectivity index is 1.78. The molecule has 0 atom stereocenters. The molecule has 3 aromatic rings. The number of carbonyl (C=O) groups excluding carboxylic acids is 2. The van der Waals surface area contributed by atoms with Crippen LogP contribution in [-0.2, 0) is 4.74 Å². The first-order chi connectivity index (χ1) is 13.6. The summed E-state index contributed by atoms with van der Waals surface area (Å²) in [5.74, 6) is -0.265. The summed E-state index contributed by atoms with van der Waals surface area (Å²) in [6.45, 7) is 4.00. The number of benzene rings is 2. The van der Waals surface area contributed by atoms with Crippen molar-refractivity contribution in [1.82, 2.24) is 4.98 Å². The molecule has 0 spiro atoms. The Morgan fingerprint density at radius 1 is 1.04 bits per heavy atom. The number of ether oxygens (including phenoxy) is 1. The van der Waals surface area contributed by atoms with Gasteiger partial charge < -0.3 is 15.4 Å². The van der Waals surface area contributed by atoms with Crippen molar-refractivity contribution in [1.29, 1.82) is 0 Å². The number of anilines is 3. The van der Waals surface area contributed by atoms with Gasteiger partial charge in [-0.25, -0.2) is 9.78 Å². The van der Waals surface area contributed by atoms with Crippen LogP contribution in [0.1, 0.15) is 33.2 Å². The van der Waals surface area contributed by atoms with E-state index in [0.717, 1.165) is 11.3 Å². The van der Waals surface area contributed by atoms with Crippen LogP contribution in [-0.4, -0.2) is 23.5 Å². The fraction of sp³-hybridized carbons (Fsp3) is 0.136. The Morgan fingerprint density at radius 3 is 2.64 bits per heavy atom. The van der Waals surface area contributed by atoms with E-state index in [1.54, 1.807) is 49.5 Å². The largest absolute Gasteiger partial charge is 0.462 e. The summed E-state index contributed by atoms with van der Waals surface area (Å²) in [6, 6.07) is 17.9. The number of aryl methyl sites for hydroxylation is 1. The van der Waals surface area contributed by atoms with Crippen LogP contribution in [0.4, 0.5) is 17.2 Å². The van der Waals surface area contributed by atoms with Gasteiger partial charge in [0.05, 0.1) is 17.9 Å². The van der Waals surface area contributed by atoms with E-state index in [-0.39, 0.29) is 12.5 Å². The van der Waals surface area contributed by atoms with Crippen LogP contribution in [0.2, 0.25) is 0 Å². The van der Waals surface area contributed by atoms with Crippen molar-refractivity contribution in [2.24, 2.45) is 0 Å². The van der Waals surface area contributed by atoms with E-state index in [1.165, 1.54) is 0 Å². The summed E-state index contributed by atoms with van der Waals surface area (Å²) in [7, 11) is 0. The second-order valence-corrected chi connectivity index (χ2v) is 6.14. The maximum absolute atomic E-state index is 12.7. The molecule has 0 aliphatic rings. The fourth-order valence-electron chi connectivity index (χ4n) is 2.68. The monoisotopic (exact) mass is 375 g/mol. The van der Waals surface area contributed by atoms with E-state index >= 15 is 0 Å². The smallest absolute Gasteiger partial charge is 0.340 e. The lowest BCUT2D eigenvalue weighted by Crippen LogP contribution is -2.16. The molecular formula is C22H21N3O3. The molecule has 142 valence electrons. The summed E-state index contributed by atoms with van der Waals surface area (Å²) < 4.78 is 5.04. The highest BCUT2D eigenvalue weighted by Crippen LogP contribution is 2.20. The fourth-order valence-corrected chi connectivity index (χ4v) is 2.68. The lowest BCUT2D eigenvalue weighted by atomic mass is 10.1. The molecule has 0 radical (unpaired) electrons. The first-order valence-electron chi connectivity index (χ1n) is 8.94. The highest BCUT2D eigenvalue weighted by molar-refractivity contribution is 6.08. The number of rotatable bonds is 6. The third-order valence-electron chi connectivity index (χ3n) is 3.98. The third kappa shape index (κ3) is 4.73. The molecule has 1 amide bonds. The van der Waals surface area contributed by atoms with Gasteiger partial charge in [-0.15, -0.1) is 0 Å². The highest BCUT2D eigenvalue weighted by atomic mass is 16.5. The van der Waals surface area contributed by atoms with E-state index in [0.29, 0.717) is 22.6 Å². The topological polar surface area (TPSA) is 80.3 Å². The number of carbonyl (C=O) groups is 2. The van der Waals surface area contributed by atoms with Crippen LogP contribution < -0.4 is 10.6 Å². The number of nitrogens with zero attached hydrogens (tertiary/aromatic N) is 1. The number of hydrogen-bond donors (Lipinski definition) is 2.